The van der Waals surface area contributed by atoms with E-state index in [2.05, 4.69) is 5.32 Å². The molecule has 3 N–H and O–H groups in total. The third kappa shape index (κ3) is 5.63. The fourth-order valence-corrected chi connectivity index (χ4v) is 3.45. The third-order valence-electron chi connectivity index (χ3n) is 3.98. The summed E-state index contributed by atoms with van der Waals surface area (Å²) >= 11 is 0. The second-order valence-electron chi connectivity index (χ2n) is 6.07. The lowest BCUT2D eigenvalue weighted by Gasteiger charge is -2.16. The van der Waals surface area contributed by atoms with Gasteiger partial charge in [0, 0.05) is 5.56 Å². The standard InChI is InChI=1S/C19H21NO6S/c1-2-7-13-8-3-4-9-14(13)15-10-5-6-11-16(15)18(21)20-17(19(22)23)12-27(24,25)26/h3-6,8-11,17H,2,7,12H2,1H3,(H,20,21)(H,22,23)(H,24,25,26)/t17-/m0/s1. The highest BCUT2D eigenvalue weighted by Crippen LogP contribution is 2.28. The fourth-order valence-electron chi connectivity index (χ4n) is 2.81. The second-order valence-corrected chi connectivity index (χ2v) is 7.56. The zero-order valence-corrected chi connectivity index (χ0v) is 15.6. The summed E-state index contributed by atoms with van der Waals surface area (Å²) in [5, 5.41) is 11.3. The first-order valence-corrected chi connectivity index (χ1v) is 10.00. The van der Waals surface area contributed by atoms with Crippen LogP contribution >= 0.6 is 0 Å². The monoisotopic (exact) mass is 391 g/mol. The third-order valence-corrected chi connectivity index (χ3v) is 4.73. The second kappa shape index (κ2) is 8.79. The van der Waals surface area contributed by atoms with Crippen molar-refractivity contribution in [2.45, 2.75) is 25.8 Å². The number of nitrogens with one attached hydrogen (secondary N) is 1. The molecule has 144 valence electrons. The smallest absolute Gasteiger partial charge is 0.327 e. The van der Waals surface area contributed by atoms with E-state index in [0.29, 0.717) is 5.56 Å². The predicted molar refractivity (Wildman–Crippen MR) is 101 cm³/mol. The van der Waals surface area contributed by atoms with E-state index in [1.54, 1.807) is 24.3 Å². The SMILES string of the molecule is CCCc1ccccc1-c1ccccc1C(=O)N[C@@H](CS(=O)(=O)O)C(=O)O. The number of carboxylic acids is 1. The summed E-state index contributed by atoms with van der Waals surface area (Å²) in [7, 11) is -4.57. The summed E-state index contributed by atoms with van der Waals surface area (Å²) in [4.78, 5) is 23.9. The average Bonchev–Trinajstić information content (AvgIpc) is 2.60. The molecule has 2 rings (SSSR count). The fraction of sp³-hybridized carbons (Fsp3) is 0.263. The summed E-state index contributed by atoms with van der Waals surface area (Å²) < 4.78 is 30.9. The molecule has 1 amide bonds. The Morgan fingerprint density at radius 1 is 1.04 bits per heavy atom. The number of aryl methyl sites for hydroxylation is 1. The Hall–Kier alpha value is -2.71. The largest absolute Gasteiger partial charge is 0.480 e. The Kier molecular flexibility index (Phi) is 6.70. The quantitative estimate of drug-likeness (QED) is 0.594. The van der Waals surface area contributed by atoms with Gasteiger partial charge in [-0.15, -0.1) is 0 Å². The van der Waals surface area contributed by atoms with Crippen molar-refractivity contribution in [3.8, 4) is 11.1 Å². The van der Waals surface area contributed by atoms with Crippen LogP contribution in [0.4, 0.5) is 0 Å². The van der Waals surface area contributed by atoms with Gasteiger partial charge in [-0.1, -0.05) is 55.8 Å². The van der Waals surface area contributed by atoms with Crippen LogP contribution in [0.3, 0.4) is 0 Å². The van der Waals surface area contributed by atoms with Crippen LogP contribution in [0.15, 0.2) is 48.5 Å². The predicted octanol–water partition coefficient (Wildman–Crippen LogP) is 2.38. The Balaban J connectivity index is 2.40. The van der Waals surface area contributed by atoms with Crippen LogP contribution in [0, 0.1) is 0 Å². The molecule has 0 radical (unpaired) electrons. The molecule has 0 bridgehead atoms. The highest BCUT2D eigenvalue weighted by Gasteiger charge is 2.27. The van der Waals surface area contributed by atoms with Crippen LogP contribution in [-0.2, 0) is 21.3 Å². The van der Waals surface area contributed by atoms with Gasteiger partial charge in [0.15, 0.2) is 0 Å². The maximum Gasteiger partial charge on any atom is 0.327 e. The van der Waals surface area contributed by atoms with Crippen LogP contribution in [-0.4, -0.2) is 41.7 Å². The molecule has 1 atom stereocenters. The lowest BCUT2D eigenvalue weighted by Crippen LogP contribution is -2.45. The Bertz CT molecular complexity index is 939. The van der Waals surface area contributed by atoms with Gasteiger partial charge in [-0.3, -0.25) is 9.35 Å². The molecule has 0 heterocycles. The van der Waals surface area contributed by atoms with Gasteiger partial charge in [-0.25, -0.2) is 4.79 Å². The van der Waals surface area contributed by atoms with Crippen LogP contribution in [0.2, 0.25) is 0 Å². The number of carboxylic acid groups (broad SMARTS) is 1. The molecule has 0 saturated carbocycles. The Morgan fingerprint density at radius 3 is 2.22 bits per heavy atom. The molecule has 0 aliphatic rings. The molecule has 0 fully saturated rings. The molecule has 0 unspecified atom stereocenters. The van der Waals surface area contributed by atoms with E-state index >= 15 is 0 Å². The number of hydrogen-bond acceptors (Lipinski definition) is 4. The van der Waals surface area contributed by atoms with Crippen molar-refractivity contribution in [3.05, 3.63) is 59.7 Å². The Morgan fingerprint density at radius 2 is 1.63 bits per heavy atom. The van der Waals surface area contributed by atoms with Crippen molar-refractivity contribution in [1.29, 1.82) is 0 Å². The summed E-state index contributed by atoms with van der Waals surface area (Å²) in [6.45, 7) is 2.04. The van der Waals surface area contributed by atoms with E-state index in [1.165, 1.54) is 0 Å². The van der Waals surface area contributed by atoms with Gasteiger partial charge in [0.25, 0.3) is 16.0 Å². The first-order chi connectivity index (χ1) is 12.7. The number of amides is 1. The van der Waals surface area contributed by atoms with Crippen molar-refractivity contribution in [2.24, 2.45) is 0 Å². The van der Waals surface area contributed by atoms with Crippen LogP contribution in [0.1, 0.15) is 29.3 Å². The molecule has 0 saturated heterocycles. The molecule has 0 aliphatic heterocycles. The average molecular weight is 391 g/mol. The molecule has 2 aromatic carbocycles. The summed E-state index contributed by atoms with van der Waals surface area (Å²) in [5.41, 5.74) is 2.75. The van der Waals surface area contributed by atoms with Gasteiger partial charge in [0.1, 0.15) is 11.8 Å². The topological polar surface area (TPSA) is 121 Å². The molecule has 0 aromatic heterocycles. The number of aliphatic carboxylic acids is 1. The van der Waals surface area contributed by atoms with Crippen molar-refractivity contribution in [2.75, 3.05) is 5.75 Å². The molecular formula is C19H21NO6S. The number of benzene rings is 2. The van der Waals surface area contributed by atoms with Gasteiger partial charge in [0.05, 0.1) is 0 Å². The van der Waals surface area contributed by atoms with E-state index in [9.17, 15) is 18.0 Å². The minimum Gasteiger partial charge on any atom is -0.480 e. The first kappa shape index (κ1) is 20.6. The maximum atomic E-state index is 12.7. The van der Waals surface area contributed by atoms with Crippen molar-refractivity contribution in [3.63, 3.8) is 0 Å². The normalized spacial score (nSPS) is 12.4. The zero-order valence-electron chi connectivity index (χ0n) is 14.8. The summed E-state index contributed by atoms with van der Waals surface area (Å²) in [5.74, 6) is -3.39. The highest BCUT2D eigenvalue weighted by molar-refractivity contribution is 7.85. The summed E-state index contributed by atoms with van der Waals surface area (Å²) in [6, 6.07) is 12.5. The molecule has 27 heavy (non-hydrogen) atoms. The van der Waals surface area contributed by atoms with Gasteiger partial charge >= 0.3 is 5.97 Å². The molecular weight excluding hydrogens is 370 g/mol. The van der Waals surface area contributed by atoms with E-state index < -0.39 is 33.8 Å². The van der Waals surface area contributed by atoms with Crippen LogP contribution in [0.25, 0.3) is 11.1 Å². The van der Waals surface area contributed by atoms with Gasteiger partial charge < -0.3 is 10.4 Å². The summed E-state index contributed by atoms with van der Waals surface area (Å²) in [6.07, 6.45) is 1.73. The van der Waals surface area contributed by atoms with Gasteiger partial charge in [-0.2, -0.15) is 8.42 Å². The van der Waals surface area contributed by atoms with E-state index in [-0.39, 0.29) is 5.56 Å². The minimum atomic E-state index is -4.57. The molecule has 0 spiro atoms. The molecule has 2 aromatic rings. The van der Waals surface area contributed by atoms with Crippen LogP contribution < -0.4 is 5.32 Å². The highest BCUT2D eigenvalue weighted by atomic mass is 32.2. The molecule has 0 aliphatic carbocycles. The number of hydrogen-bond donors (Lipinski definition) is 3. The van der Waals surface area contributed by atoms with Crippen molar-refractivity contribution in [1.82, 2.24) is 5.32 Å². The van der Waals surface area contributed by atoms with Crippen molar-refractivity contribution >= 4 is 22.0 Å². The minimum absolute atomic E-state index is 0.225. The molecule has 8 heteroatoms. The first-order valence-electron chi connectivity index (χ1n) is 8.39. The van der Waals surface area contributed by atoms with Gasteiger partial charge in [0.2, 0.25) is 0 Å². The number of carbonyl (C=O) groups is 2. The lowest BCUT2D eigenvalue weighted by molar-refractivity contribution is -0.138. The van der Waals surface area contributed by atoms with Gasteiger partial charge in [-0.05, 0) is 29.2 Å². The maximum absolute atomic E-state index is 12.7. The van der Waals surface area contributed by atoms with E-state index in [4.69, 9.17) is 9.66 Å². The van der Waals surface area contributed by atoms with E-state index in [0.717, 1.165) is 24.0 Å². The molecule has 7 nitrogen and oxygen atoms in total. The Labute approximate surface area is 157 Å². The number of carbonyl (C=O) groups excluding carboxylic acids is 1. The zero-order chi connectivity index (χ0) is 20.0. The van der Waals surface area contributed by atoms with Crippen molar-refractivity contribution < 1.29 is 27.7 Å². The van der Waals surface area contributed by atoms with Crippen LogP contribution in [0.5, 0.6) is 0 Å². The van der Waals surface area contributed by atoms with E-state index in [1.807, 2.05) is 31.2 Å². The number of rotatable bonds is 8. The lowest BCUT2D eigenvalue weighted by atomic mass is 9.93.